The molecule has 0 atom stereocenters. The molecule has 0 N–H and O–H groups in total. The van der Waals surface area contributed by atoms with Crippen LogP contribution in [0.4, 0.5) is 0 Å². The highest BCUT2D eigenvalue weighted by atomic mass is 16.5. The van der Waals surface area contributed by atoms with Gasteiger partial charge in [-0.3, -0.25) is 0 Å². The Labute approximate surface area is 69.8 Å². The maximum atomic E-state index is 5.28. The summed E-state index contributed by atoms with van der Waals surface area (Å²) in [6, 6.07) is 0. The summed E-state index contributed by atoms with van der Waals surface area (Å²) in [4.78, 5) is 8.18. The standard InChI is InChI=1S/C8H9N3O/c1-2-12-8-7-9-3-5-11(7)6-4-10-8/h3-6H,2H2,1H3. The molecule has 2 heterocycles. The van der Waals surface area contributed by atoms with Crippen LogP contribution in [-0.2, 0) is 0 Å². The lowest BCUT2D eigenvalue weighted by Crippen LogP contribution is -1.97. The van der Waals surface area contributed by atoms with Crippen molar-refractivity contribution in [3.05, 3.63) is 24.8 Å². The molecule has 0 radical (unpaired) electrons. The van der Waals surface area contributed by atoms with E-state index in [-0.39, 0.29) is 0 Å². The van der Waals surface area contributed by atoms with Gasteiger partial charge in [0.25, 0.3) is 5.88 Å². The topological polar surface area (TPSA) is 39.4 Å². The third-order valence-corrected chi connectivity index (χ3v) is 1.56. The van der Waals surface area contributed by atoms with E-state index < -0.39 is 0 Å². The van der Waals surface area contributed by atoms with Crippen LogP contribution in [-0.4, -0.2) is 21.0 Å². The highest BCUT2D eigenvalue weighted by molar-refractivity contribution is 5.48. The molecule has 2 rings (SSSR count). The number of hydrogen-bond donors (Lipinski definition) is 0. The molecule has 2 aromatic rings. The summed E-state index contributed by atoms with van der Waals surface area (Å²) in [6.07, 6.45) is 7.11. The third-order valence-electron chi connectivity index (χ3n) is 1.56. The van der Waals surface area contributed by atoms with Gasteiger partial charge in [0.2, 0.25) is 0 Å². The Morgan fingerprint density at radius 3 is 2.83 bits per heavy atom. The number of fused-ring (bicyclic) bond motifs is 1. The number of nitrogens with zero attached hydrogens (tertiary/aromatic N) is 3. The summed E-state index contributed by atoms with van der Waals surface area (Å²) in [5.41, 5.74) is 0.763. The van der Waals surface area contributed by atoms with Crippen LogP contribution in [0.15, 0.2) is 24.8 Å². The van der Waals surface area contributed by atoms with Crippen molar-refractivity contribution in [1.82, 2.24) is 14.4 Å². The van der Waals surface area contributed by atoms with Crippen molar-refractivity contribution in [2.45, 2.75) is 6.92 Å². The normalized spacial score (nSPS) is 10.4. The minimum absolute atomic E-state index is 0.588. The molecule has 0 spiro atoms. The van der Waals surface area contributed by atoms with E-state index in [4.69, 9.17) is 4.74 Å². The molecule has 4 heteroatoms. The molecule has 0 saturated carbocycles. The van der Waals surface area contributed by atoms with Gasteiger partial charge in [-0.2, -0.15) is 0 Å². The van der Waals surface area contributed by atoms with E-state index in [0.29, 0.717) is 12.5 Å². The molecule has 0 unspecified atom stereocenters. The highest BCUT2D eigenvalue weighted by Gasteiger charge is 2.02. The van der Waals surface area contributed by atoms with Gasteiger partial charge in [0.1, 0.15) is 0 Å². The molecule has 0 fully saturated rings. The van der Waals surface area contributed by atoms with E-state index in [0.717, 1.165) is 5.65 Å². The second kappa shape index (κ2) is 2.81. The van der Waals surface area contributed by atoms with E-state index in [1.54, 1.807) is 12.4 Å². The molecule has 4 nitrogen and oxygen atoms in total. The zero-order valence-corrected chi connectivity index (χ0v) is 6.77. The molecule has 0 aliphatic carbocycles. The molecule has 0 saturated heterocycles. The second-order valence-electron chi connectivity index (χ2n) is 2.32. The van der Waals surface area contributed by atoms with Crippen LogP contribution in [0.2, 0.25) is 0 Å². The van der Waals surface area contributed by atoms with Crippen LogP contribution in [0.25, 0.3) is 5.65 Å². The molecular formula is C8H9N3O. The predicted molar refractivity (Wildman–Crippen MR) is 44.2 cm³/mol. The van der Waals surface area contributed by atoms with Gasteiger partial charge in [-0.1, -0.05) is 0 Å². The van der Waals surface area contributed by atoms with Crippen LogP contribution < -0.4 is 4.74 Å². The zero-order chi connectivity index (χ0) is 8.39. The van der Waals surface area contributed by atoms with E-state index >= 15 is 0 Å². The fourth-order valence-electron chi connectivity index (χ4n) is 1.07. The maximum absolute atomic E-state index is 5.28. The monoisotopic (exact) mass is 163 g/mol. The Kier molecular flexibility index (Phi) is 1.66. The van der Waals surface area contributed by atoms with Crippen molar-refractivity contribution >= 4 is 5.65 Å². The molecule has 2 aromatic heterocycles. The van der Waals surface area contributed by atoms with Gasteiger partial charge < -0.3 is 9.14 Å². The summed E-state index contributed by atoms with van der Waals surface area (Å²) in [7, 11) is 0. The van der Waals surface area contributed by atoms with Gasteiger partial charge in [0.15, 0.2) is 5.65 Å². The molecule has 0 aromatic carbocycles. The van der Waals surface area contributed by atoms with Crippen LogP contribution in [0.3, 0.4) is 0 Å². The lowest BCUT2D eigenvalue weighted by molar-refractivity contribution is 0.329. The average molecular weight is 163 g/mol. The Hall–Kier alpha value is -1.58. The quantitative estimate of drug-likeness (QED) is 0.666. The number of imidazole rings is 1. The first-order valence-corrected chi connectivity index (χ1v) is 3.82. The Balaban J connectivity index is 2.57. The van der Waals surface area contributed by atoms with Gasteiger partial charge in [-0.15, -0.1) is 0 Å². The Morgan fingerprint density at radius 2 is 2.08 bits per heavy atom. The van der Waals surface area contributed by atoms with Gasteiger partial charge in [0, 0.05) is 24.8 Å². The van der Waals surface area contributed by atoms with Crippen molar-refractivity contribution < 1.29 is 4.74 Å². The smallest absolute Gasteiger partial charge is 0.258 e. The van der Waals surface area contributed by atoms with Crippen LogP contribution in [0.5, 0.6) is 5.88 Å². The summed E-state index contributed by atoms with van der Waals surface area (Å²) in [6.45, 7) is 2.54. The van der Waals surface area contributed by atoms with Crippen LogP contribution >= 0.6 is 0 Å². The van der Waals surface area contributed by atoms with E-state index in [9.17, 15) is 0 Å². The molecule has 0 bridgehead atoms. The Bertz CT molecular complexity index is 382. The summed E-state index contributed by atoms with van der Waals surface area (Å²) < 4.78 is 7.16. The largest absolute Gasteiger partial charge is 0.475 e. The first-order valence-electron chi connectivity index (χ1n) is 3.82. The minimum Gasteiger partial charge on any atom is -0.475 e. The fourth-order valence-corrected chi connectivity index (χ4v) is 1.07. The van der Waals surface area contributed by atoms with E-state index in [1.807, 2.05) is 23.7 Å². The van der Waals surface area contributed by atoms with Crippen molar-refractivity contribution in [1.29, 1.82) is 0 Å². The number of hydrogen-bond acceptors (Lipinski definition) is 3. The van der Waals surface area contributed by atoms with E-state index in [1.165, 1.54) is 0 Å². The summed E-state index contributed by atoms with van der Waals surface area (Å²) in [5.74, 6) is 0.588. The van der Waals surface area contributed by atoms with E-state index in [2.05, 4.69) is 9.97 Å². The minimum atomic E-state index is 0.588. The first kappa shape index (κ1) is 7.09. The Morgan fingerprint density at radius 1 is 1.33 bits per heavy atom. The van der Waals surface area contributed by atoms with Crippen molar-refractivity contribution in [2.75, 3.05) is 6.61 Å². The van der Waals surface area contributed by atoms with Crippen LogP contribution in [0.1, 0.15) is 6.92 Å². The third kappa shape index (κ3) is 1.01. The SMILES string of the molecule is CCOc1nccn2ccnc12. The molecular weight excluding hydrogens is 154 g/mol. The first-order chi connectivity index (χ1) is 5.92. The van der Waals surface area contributed by atoms with Gasteiger partial charge >= 0.3 is 0 Å². The lowest BCUT2D eigenvalue weighted by atomic mass is 10.6. The molecule has 12 heavy (non-hydrogen) atoms. The summed E-state index contributed by atoms with van der Waals surface area (Å²) in [5, 5.41) is 0. The van der Waals surface area contributed by atoms with Crippen LogP contribution in [0, 0.1) is 0 Å². The molecule has 0 amide bonds. The number of aromatic nitrogens is 3. The van der Waals surface area contributed by atoms with Crippen molar-refractivity contribution in [2.24, 2.45) is 0 Å². The van der Waals surface area contributed by atoms with Gasteiger partial charge in [0.05, 0.1) is 6.61 Å². The second-order valence-corrected chi connectivity index (χ2v) is 2.32. The van der Waals surface area contributed by atoms with Gasteiger partial charge in [-0.25, -0.2) is 9.97 Å². The highest BCUT2D eigenvalue weighted by Crippen LogP contribution is 2.12. The van der Waals surface area contributed by atoms with Crippen molar-refractivity contribution in [3.63, 3.8) is 0 Å². The zero-order valence-electron chi connectivity index (χ0n) is 6.77. The maximum Gasteiger partial charge on any atom is 0.258 e. The average Bonchev–Trinajstić information content (AvgIpc) is 2.53. The molecule has 0 aliphatic heterocycles. The fraction of sp³-hybridized carbons (Fsp3) is 0.250. The molecule has 0 aliphatic rings. The van der Waals surface area contributed by atoms with Crippen molar-refractivity contribution in [3.8, 4) is 5.88 Å². The number of rotatable bonds is 2. The summed E-state index contributed by atoms with van der Waals surface area (Å²) >= 11 is 0. The molecule has 62 valence electrons. The predicted octanol–water partition coefficient (Wildman–Crippen LogP) is 1.13. The number of ether oxygens (including phenoxy) is 1. The lowest BCUT2D eigenvalue weighted by Gasteiger charge is -2.01. The van der Waals surface area contributed by atoms with Gasteiger partial charge in [-0.05, 0) is 6.92 Å².